The molecule has 2 aliphatic rings. The maximum atomic E-state index is 2.30. The lowest BCUT2D eigenvalue weighted by molar-refractivity contribution is 0.794. The monoisotopic (exact) mass is 150 g/mol. The Morgan fingerprint density at radius 2 is 2.30 bits per heavy atom. The Balaban J connectivity index is 2.30. The molecule has 0 bridgehead atoms. The van der Waals surface area contributed by atoms with Crippen molar-refractivity contribution in [1.82, 2.24) is 0 Å². The Morgan fingerprint density at radius 3 is 3.10 bits per heavy atom. The van der Waals surface area contributed by atoms with Crippen LogP contribution < -0.4 is 0 Å². The van der Waals surface area contributed by atoms with Gasteiger partial charge in [-0.05, 0) is 12.3 Å². The summed E-state index contributed by atoms with van der Waals surface area (Å²) >= 11 is 1.92. The van der Waals surface area contributed by atoms with Gasteiger partial charge in [-0.3, -0.25) is 0 Å². The first-order chi connectivity index (χ1) is 4.88. The van der Waals surface area contributed by atoms with Crippen LogP contribution in [0.4, 0.5) is 0 Å². The van der Waals surface area contributed by atoms with Gasteiger partial charge < -0.3 is 0 Å². The van der Waals surface area contributed by atoms with Gasteiger partial charge in [-0.15, -0.1) is 11.8 Å². The van der Waals surface area contributed by atoms with Crippen LogP contribution in [0.5, 0.6) is 0 Å². The molecule has 0 radical (unpaired) electrons. The Labute approximate surface area is 65.7 Å². The second-order valence-electron chi connectivity index (χ2n) is 2.75. The predicted molar refractivity (Wildman–Crippen MR) is 46.9 cm³/mol. The molecule has 1 aliphatic heterocycles. The van der Waals surface area contributed by atoms with Crippen LogP contribution in [0.2, 0.25) is 0 Å². The Kier molecular flexibility index (Phi) is 1.46. The van der Waals surface area contributed by atoms with Gasteiger partial charge in [0.15, 0.2) is 0 Å². The van der Waals surface area contributed by atoms with Crippen molar-refractivity contribution in [3.63, 3.8) is 0 Å². The van der Waals surface area contributed by atoms with Gasteiger partial charge in [-0.25, -0.2) is 0 Å². The second kappa shape index (κ2) is 2.31. The van der Waals surface area contributed by atoms with E-state index in [1.807, 2.05) is 11.8 Å². The lowest BCUT2D eigenvalue weighted by atomic mass is 9.93. The van der Waals surface area contributed by atoms with Crippen molar-refractivity contribution in [3.8, 4) is 0 Å². The molecule has 1 heterocycles. The summed E-state index contributed by atoms with van der Waals surface area (Å²) in [5, 5.41) is 2.91. The summed E-state index contributed by atoms with van der Waals surface area (Å²) in [6, 6.07) is 0. The van der Waals surface area contributed by atoms with Crippen LogP contribution in [0.1, 0.15) is 6.92 Å². The number of allylic oxidation sites excluding steroid dienone is 4. The van der Waals surface area contributed by atoms with Crippen molar-refractivity contribution >= 4 is 11.8 Å². The molecule has 52 valence electrons. The van der Waals surface area contributed by atoms with Crippen molar-refractivity contribution in [3.05, 3.63) is 35.3 Å². The first-order valence-corrected chi connectivity index (χ1v) is 4.49. The molecule has 0 amide bonds. The maximum absolute atomic E-state index is 2.30. The number of thioether (sulfide) groups is 1. The van der Waals surface area contributed by atoms with Crippen LogP contribution in [-0.4, -0.2) is 5.25 Å². The minimum Gasteiger partial charge on any atom is -0.126 e. The van der Waals surface area contributed by atoms with Gasteiger partial charge in [0.25, 0.3) is 0 Å². The van der Waals surface area contributed by atoms with E-state index in [9.17, 15) is 0 Å². The van der Waals surface area contributed by atoms with E-state index in [2.05, 4.69) is 36.6 Å². The van der Waals surface area contributed by atoms with E-state index in [1.54, 1.807) is 0 Å². The molecule has 0 fully saturated rings. The zero-order valence-electron chi connectivity index (χ0n) is 5.95. The van der Waals surface area contributed by atoms with Gasteiger partial charge in [0, 0.05) is 11.2 Å². The van der Waals surface area contributed by atoms with E-state index >= 15 is 0 Å². The van der Waals surface area contributed by atoms with Crippen molar-refractivity contribution in [2.75, 3.05) is 0 Å². The second-order valence-corrected chi connectivity index (χ2v) is 3.84. The van der Waals surface area contributed by atoms with Gasteiger partial charge in [-0.1, -0.05) is 29.9 Å². The Hall–Kier alpha value is -0.430. The predicted octanol–water partition coefficient (Wildman–Crippen LogP) is 2.75. The smallest absolute Gasteiger partial charge is 0.0371 e. The first-order valence-electron chi connectivity index (χ1n) is 3.55. The van der Waals surface area contributed by atoms with Crippen molar-refractivity contribution in [2.24, 2.45) is 5.92 Å². The Morgan fingerprint density at radius 1 is 1.40 bits per heavy atom. The van der Waals surface area contributed by atoms with E-state index in [4.69, 9.17) is 0 Å². The van der Waals surface area contributed by atoms with E-state index < -0.39 is 0 Å². The number of hydrogen-bond donors (Lipinski definition) is 0. The number of fused-ring (bicyclic) bond motifs is 1. The topological polar surface area (TPSA) is 0 Å². The highest BCUT2D eigenvalue weighted by atomic mass is 32.2. The van der Waals surface area contributed by atoms with Gasteiger partial charge in [0.1, 0.15) is 0 Å². The molecule has 10 heavy (non-hydrogen) atoms. The molecule has 0 aromatic rings. The maximum Gasteiger partial charge on any atom is 0.0371 e. The fourth-order valence-electron chi connectivity index (χ4n) is 1.42. The number of hydrogen-bond acceptors (Lipinski definition) is 1. The van der Waals surface area contributed by atoms with Crippen LogP contribution in [0.15, 0.2) is 35.3 Å². The third-order valence-corrected chi connectivity index (χ3v) is 3.14. The van der Waals surface area contributed by atoms with Crippen molar-refractivity contribution in [2.45, 2.75) is 12.2 Å². The SMILES string of the molecule is CC1=CC=CC2SC=C[C@H]12. The molecule has 0 aromatic carbocycles. The third-order valence-electron chi connectivity index (χ3n) is 2.06. The highest BCUT2D eigenvalue weighted by Crippen LogP contribution is 2.37. The molecule has 0 saturated carbocycles. The van der Waals surface area contributed by atoms with E-state index in [-0.39, 0.29) is 0 Å². The van der Waals surface area contributed by atoms with Gasteiger partial charge in [0.05, 0.1) is 0 Å². The van der Waals surface area contributed by atoms with Gasteiger partial charge in [-0.2, -0.15) is 0 Å². The minimum atomic E-state index is 0.690. The molecule has 1 aliphatic carbocycles. The molecule has 0 nitrogen and oxygen atoms in total. The molecule has 0 aromatic heterocycles. The van der Waals surface area contributed by atoms with Crippen LogP contribution in [0.25, 0.3) is 0 Å². The zero-order chi connectivity index (χ0) is 6.97. The molecule has 1 heteroatoms. The summed E-state index contributed by atoms with van der Waals surface area (Å²) in [6.45, 7) is 2.21. The fourth-order valence-corrected chi connectivity index (χ4v) is 2.52. The standard InChI is InChI=1S/C9H10S/c1-7-3-2-4-9-8(7)5-6-10-9/h2-6,8-9H,1H3/t8-,9?/m1/s1. The number of rotatable bonds is 0. The zero-order valence-corrected chi connectivity index (χ0v) is 6.77. The largest absolute Gasteiger partial charge is 0.126 e. The van der Waals surface area contributed by atoms with Crippen LogP contribution in [0.3, 0.4) is 0 Å². The molecule has 0 saturated heterocycles. The summed E-state index contributed by atoms with van der Waals surface area (Å²) in [4.78, 5) is 0. The molecule has 2 atom stereocenters. The van der Waals surface area contributed by atoms with Gasteiger partial charge >= 0.3 is 0 Å². The highest BCUT2D eigenvalue weighted by molar-refractivity contribution is 8.03. The lowest BCUT2D eigenvalue weighted by Crippen LogP contribution is -2.12. The molecular weight excluding hydrogens is 140 g/mol. The summed E-state index contributed by atoms with van der Waals surface area (Å²) in [6.07, 6.45) is 8.95. The van der Waals surface area contributed by atoms with Crippen molar-refractivity contribution in [1.29, 1.82) is 0 Å². The van der Waals surface area contributed by atoms with E-state index in [1.165, 1.54) is 5.57 Å². The molecule has 1 unspecified atom stereocenters. The van der Waals surface area contributed by atoms with Crippen LogP contribution >= 0.6 is 11.8 Å². The summed E-state index contributed by atoms with van der Waals surface area (Å²) < 4.78 is 0. The fraction of sp³-hybridized carbons (Fsp3) is 0.333. The summed E-state index contributed by atoms with van der Waals surface area (Å²) in [5.74, 6) is 0.690. The normalized spacial score (nSPS) is 35.9. The molecule has 0 N–H and O–H groups in total. The summed E-state index contributed by atoms with van der Waals surface area (Å²) in [5.41, 5.74) is 1.49. The third kappa shape index (κ3) is 0.853. The highest BCUT2D eigenvalue weighted by Gasteiger charge is 2.23. The van der Waals surface area contributed by atoms with Gasteiger partial charge in [0.2, 0.25) is 0 Å². The molecule has 2 rings (SSSR count). The van der Waals surface area contributed by atoms with E-state index in [0.717, 1.165) is 0 Å². The molecular formula is C9H10S. The lowest BCUT2D eigenvalue weighted by Gasteiger charge is -2.18. The van der Waals surface area contributed by atoms with E-state index in [0.29, 0.717) is 11.2 Å². The minimum absolute atomic E-state index is 0.690. The first kappa shape index (κ1) is 6.29. The Bertz CT molecular complexity index is 223. The average Bonchev–Trinajstić information content (AvgIpc) is 2.36. The average molecular weight is 150 g/mol. The van der Waals surface area contributed by atoms with Crippen molar-refractivity contribution < 1.29 is 0 Å². The van der Waals surface area contributed by atoms with Crippen LogP contribution in [-0.2, 0) is 0 Å². The quantitative estimate of drug-likeness (QED) is 0.511. The summed E-state index contributed by atoms with van der Waals surface area (Å²) in [7, 11) is 0. The van der Waals surface area contributed by atoms with Crippen LogP contribution in [0, 0.1) is 5.92 Å². The molecule has 0 spiro atoms.